The van der Waals surface area contributed by atoms with Gasteiger partial charge >= 0.3 is 0 Å². The molecule has 0 unspecified atom stereocenters. The molecule has 0 saturated carbocycles. The fraction of sp³-hybridized carbons (Fsp3) is 0.154. The maximum absolute atomic E-state index is 12.9. The number of nitrogens with one attached hydrogen (secondary N) is 2. The molecule has 0 radical (unpaired) electrons. The van der Waals surface area contributed by atoms with E-state index < -0.39 is 0 Å². The first kappa shape index (κ1) is 14.4. The molecule has 0 spiro atoms. The van der Waals surface area contributed by atoms with Gasteiger partial charge in [0, 0.05) is 15.9 Å². The fourth-order valence-electron chi connectivity index (χ4n) is 1.51. The van der Waals surface area contributed by atoms with Gasteiger partial charge in [-0.15, -0.1) is 11.3 Å². The molecule has 2 aromatic rings. The summed E-state index contributed by atoms with van der Waals surface area (Å²) in [5.41, 5.74) is 0.745. The third kappa shape index (κ3) is 4.56. The minimum Gasteiger partial charge on any atom is -0.362 e. The molecule has 0 amide bonds. The summed E-state index contributed by atoms with van der Waals surface area (Å²) < 4.78 is 13.6. The second-order valence-corrected chi connectivity index (χ2v) is 6.13. The van der Waals surface area contributed by atoms with Gasteiger partial charge in [0.2, 0.25) is 0 Å². The monoisotopic (exact) mass is 358 g/mol. The van der Waals surface area contributed by atoms with Gasteiger partial charge in [0.1, 0.15) is 5.82 Å². The van der Waals surface area contributed by atoms with Crippen molar-refractivity contribution in [3.63, 3.8) is 0 Å². The van der Waals surface area contributed by atoms with Crippen LogP contribution in [-0.2, 0) is 6.42 Å². The number of thiocarbonyl (C=S) groups is 1. The van der Waals surface area contributed by atoms with Gasteiger partial charge in [0.25, 0.3) is 0 Å². The van der Waals surface area contributed by atoms with E-state index in [0.29, 0.717) is 9.59 Å². The standard InChI is InChI=1S/C13H12BrFN2S2/c14-11-8-9(15)3-4-12(11)17-13(18)16-6-5-10-2-1-7-19-10/h1-4,7-8H,5-6H2,(H2,16,17,18). The molecule has 19 heavy (non-hydrogen) atoms. The van der Waals surface area contributed by atoms with Crippen LogP contribution in [0.3, 0.4) is 0 Å². The lowest BCUT2D eigenvalue weighted by Crippen LogP contribution is -2.30. The zero-order chi connectivity index (χ0) is 13.7. The number of hydrogen-bond donors (Lipinski definition) is 2. The van der Waals surface area contributed by atoms with Crippen molar-refractivity contribution >= 4 is 50.3 Å². The highest BCUT2D eigenvalue weighted by Gasteiger charge is 2.03. The molecule has 1 heterocycles. The number of halogens is 2. The molecule has 0 saturated heterocycles. The average molecular weight is 359 g/mol. The van der Waals surface area contributed by atoms with Crippen LogP contribution in [-0.4, -0.2) is 11.7 Å². The van der Waals surface area contributed by atoms with E-state index in [9.17, 15) is 4.39 Å². The van der Waals surface area contributed by atoms with Crippen molar-refractivity contribution in [1.82, 2.24) is 5.32 Å². The highest BCUT2D eigenvalue weighted by Crippen LogP contribution is 2.22. The number of anilines is 1. The van der Waals surface area contributed by atoms with Crippen LogP contribution in [0.5, 0.6) is 0 Å². The molecule has 0 aliphatic carbocycles. The predicted octanol–water partition coefficient (Wildman–Crippen LogP) is 4.18. The van der Waals surface area contributed by atoms with Gasteiger partial charge in [-0.2, -0.15) is 0 Å². The SMILES string of the molecule is Fc1ccc(NC(=S)NCCc2cccs2)c(Br)c1. The molecule has 0 aliphatic heterocycles. The molecule has 2 N–H and O–H groups in total. The summed E-state index contributed by atoms with van der Waals surface area (Å²) in [6, 6.07) is 8.57. The second-order valence-electron chi connectivity index (χ2n) is 3.83. The minimum atomic E-state index is -0.283. The number of hydrogen-bond acceptors (Lipinski definition) is 2. The Morgan fingerprint density at radius 3 is 2.89 bits per heavy atom. The summed E-state index contributed by atoms with van der Waals surface area (Å²) in [7, 11) is 0. The topological polar surface area (TPSA) is 24.1 Å². The Morgan fingerprint density at radius 1 is 1.37 bits per heavy atom. The molecule has 100 valence electrons. The quantitative estimate of drug-likeness (QED) is 0.801. The Bertz CT molecular complexity index is 558. The van der Waals surface area contributed by atoms with Crippen LogP contribution in [0.15, 0.2) is 40.2 Å². The molecule has 0 atom stereocenters. The lowest BCUT2D eigenvalue weighted by atomic mass is 10.3. The van der Waals surface area contributed by atoms with E-state index in [1.54, 1.807) is 17.4 Å². The first-order valence-electron chi connectivity index (χ1n) is 5.67. The van der Waals surface area contributed by atoms with Gasteiger partial charge in [0.15, 0.2) is 5.11 Å². The van der Waals surface area contributed by atoms with Gasteiger partial charge in [0.05, 0.1) is 5.69 Å². The Morgan fingerprint density at radius 2 is 2.21 bits per heavy atom. The van der Waals surface area contributed by atoms with E-state index >= 15 is 0 Å². The van der Waals surface area contributed by atoms with E-state index in [4.69, 9.17) is 12.2 Å². The van der Waals surface area contributed by atoms with Crippen molar-refractivity contribution in [3.8, 4) is 0 Å². The van der Waals surface area contributed by atoms with Crippen LogP contribution in [0.1, 0.15) is 4.88 Å². The molecule has 0 bridgehead atoms. The molecule has 2 nitrogen and oxygen atoms in total. The summed E-state index contributed by atoms with van der Waals surface area (Å²) in [6.45, 7) is 0.769. The summed E-state index contributed by atoms with van der Waals surface area (Å²) in [5, 5.41) is 8.74. The average Bonchev–Trinajstić information content (AvgIpc) is 2.86. The van der Waals surface area contributed by atoms with Crippen molar-refractivity contribution in [3.05, 3.63) is 50.9 Å². The Kier molecular flexibility index (Phi) is 5.30. The van der Waals surface area contributed by atoms with Gasteiger partial charge in [-0.25, -0.2) is 4.39 Å². The molecule has 0 aliphatic rings. The molecular formula is C13H12BrFN2S2. The van der Waals surface area contributed by atoms with Crippen LogP contribution >= 0.6 is 39.5 Å². The van der Waals surface area contributed by atoms with Crippen molar-refractivity contribution < 1.29 is 4.39 Å². The Labute approximate surface area is 129 Å². The maximum atomic E-state index is 12.9. The Hall–Kier alpha value is -0.980. The molecular weight excluding hydrogens is 347 g/mol. The van der Waals surface area contributed by atoms with Crippen LogP contribution < -0.4 is 10.6 Å². The summed E-state index contributed by atoms with van der Waals surface area (Å²) in [6.07, 6.45) is 0.935. The summed E-state index contributed by atoms with van der Waals surface area (Å²) in [5.74, 6) is -0.283. The van der Waals surface area contributed by atoms with Crippen LogP contribution in [0.4, 0.5) is 10.1 Å². The molecule has 2 rings (SSSR count). The van der Waals surface area contributed by atoms with Gasteiger partial charge in [-0.1, -0.05) is 6.07 Å². The predicted molar refractivity (Wildman–Crippen MR) is 86.3 cm³/mol. The first-order chi connectivity index (χ1) is 9.15. The lowest BCUT2D eigenvalue weighted by molar-refractivity contribution is 0.627. The van der Waals surface area contributed by atoms with E-state index in [0.717, 1.165) is 18.7 Å². The maximum Gasteiger partial charge on any atom is 0.170 e. The van der Waals surface area contributed by atoms with Crippen molar-refractivity contribution in [2.24, 2.45) is 0 Å². The smallest absolute Gasteiger partial charge is 0.170 e. The number of thiophene rings is 1. The molecule has 6 heteroatoms. The Balaban J connectivity index is 1.80. The van der Waals surface area contributed by atoms with E-state index in [1.165, 1.54) is 17.0 Å². The highest BCUT2D eigenvalue weighted by atomic mass is 79.9. The van der Waals surface area contributed by atoms with Crippen LogP contribution in [0.25, 0.3) is 0 Å². The van der Waals surface area contributed by atoms with Gasteiger partial charge in [-0.3, -0.25) is 0 Å². The van der Waals surface area contributed by atoms with Crippen molar-refractivity contribution in [2.75, 3.05) is 11.9 Å². The zero-order valence-corrected chi connectivity index (χ0v) is 13.2. The lowest BCUT2D eigenvalue weighted by Gasteiger charge is -2.11. The highest BCUT2D eigenvalue weighted by molar-refractivity contribution is 9.10. The largest absolute Gasteiger partial charge is 0.362 e. The second kappa shape index (κ2) is 6.98. The molecule has 0 fully saturated rings. The zero-order valence-electron chi connectivity index (χ0n) is 9.95. The van der Waals surface area contributed by atoms with Crippen molar-refractivity contribution in [2.45, 2.75) is 6.42 Å². The van der Waals surface area contributed by atoms with Crippen molar-refractivity contribution in [1.29, 1.82) is 0 Å². The van der Waals surface area contributed by atoms with E-state index in [1.807, 2.05) is 6.07 Å². The van der Waals surface area contributed by atoms with E-state index in [2.05, 4.69) is 38.0 Å². The van der Waals surface area contributed by atoms with E-state index in [-0.39, 0.29) is 5.82 Å². The third-order valence-electron chi connectivity index (χ3n) is 2.42. The van der Waals surface area contributed by atoms with Crippen LogP contribution in [0, 0.1) is 5.82 Å². The fourth-order valence-corrected chi connectivity index (χ4v) is 2.88. The van der Waals surface area contributed by atoms with Crippen LogP contribution in [0.2, 0.25) is 0 Å². The first-order valence-corrected chi connectivity index (χ1v) is 7.75. The molecule has 1 aromatic carbocycles. The third-order valence-corrected chi connectivity index (χ3v) is 4.26. The van der Waals surface area contributed by atoms with Gasteiger partial charge < -0.3 is 10.6 Å². The molecule has 1 aromatic heterocycles. The summed E-state index contributed by atoms with van der Waals surface area (Å²) in [4.78, 5) is 1.32. The number of rotatable bonds is 4. The minimum absolute atomic E-state index is 0.283. The normalized spacial score (nSPS) is 10.2. The summed E-state index contributed by atoms with van der Waals surface area (Å²) >= 11 is 10.2. The number of benzene rings is 1. The van der Waals surface area contributed by atoms with Gasteiger partial charge in [-0.05, 0) is 64.2 Å².